The molecule has 1 rings (SSSR count). The maximum absolute atomic E-state index is 5.86. The lowest BCUT2D eigenvalue weighted by Gasteiger charge is -2.13. The van der Waals surface area contributed by atoms with Crippen LogP contribution in [0.2, 0.25) is 5.82 Å². The first-order valence-electron chi connectivity index (χ1n) is 8.13. The zero-order chi connectivity index (χ0) is 12.2. The van der Waals surface area contributed by atoms with Gasteiger partial charge in [0.15, 0.2) is 0 Å². The predicted molar refractivity (Wildman–Crippen MR) is 79.7 cm³/mol. The SMILES string of the molecule is NBC1CCCCCCCCCCCCCC1. The molecule has 1 nitrogen and oxygen atoms in total. The lowest BCUT2D eigenvalue weighted by atomic mass is 9.71. The molecule has 2 N–H and O–H groups in total. The minimum Gasteiger partial charge on any atom is -0.373 e. The highest BCUT2D eigenvalue weighted by Crippen LogP contribution is 2.22. The summed E-state index contributed by atoms with van der Waals surface area (Å²) in [6, 6.07) is 0. The Morgan fingerprint density at radius 3 is 1.12 bits per heavy atom. The first-order chi connectivity index (χ1) is 8.43. The van der Waals surface area contributed by atoms with E-state index in [1.807, 2.05) is 0 Å². The van der Waals surface area contributed by atoms with Gasteiger partial charge in [0.05, 0.1) is 0 Å². The van der Waals surface area contributed by atoms with Gasteiger partial charge in [-0.2, -0.15) is 0 Å². The normalized spacial score (nSPS) is 23.6. The van der Waals surface area contributed by atoms with Crippen molar-refractivity contribution in [1.82, 2.24) is 0 Å². The van der Waals surface area contributed by atoms with Gasteiger partial charge in [-0.15, -0.1) is 0 Å². The van der Waals surface area contributed by atoms with Gasteiger partial charge in [-0.1, -0.05) is 95.7 Å². The smallest absolute Gasteiger partial charge is 0.201 e. The zero-order valence-corrected chi connectivity index (χ0v) is 11.8. The van der Waals surface area contributed by atoms with E-state index in [9.17, 15) is 0 Å². The van der Waals surface area contributed by atoms with E-state index >= 15 is 0 Å². The van der Waals surface area contributed by atoms with Crippen molar-refractivity contribution in [2.75, 3.05) is 0 Å². The summed E-state index contributed by atoms with van der Waals surface area (Å²) in [6.45, 7) is 0. The monoisotopic (exact) mass is 237 g/mol. The summed E-state index contributed by atoms with van der Waals surface area (Å²) in [7, 11) is 0.917. The standard InChI is InChI=1S/C15H32BN/c17-16-15-13-11-9-7-5-3-1-2-4-6-8-10-12-14-15/h15-16H,1-14,17H2. The number of nitrogens with two attached hydrogens (primary N) is 1. The van der Waals surface area contributed by atoms with E-state index < -0.39 is 0 Å². The van der Waals surface area contributed by atoms with Gasteiger partial charge in [0.1, 0.15) is 0 Å². The second-order valence-corrected chi connectivity index (χ2v) is 5.92. The van der Waals surface area contributed by atoms with Crippen molar-refractivity contribution < 1.29 is 0 Å². The van der Waals surface area contributed by atoms with Crippen molar-refractivity contribution in [1.29, 1.82) is 0 Å². The third kappa shape index (κ3) is 8.71. The first kappa shape index (κ1) is 15.1. The number of hydrogen-bond donors (Lipinski definition) is 1. The summed E-state index contributed by atoms with van der Waals surface area (Å²) in [5.74, 6) is 0.820. The van der Waals surface area contributed by atoms with Crippen LogP contribution in [0, 0.1) is 0 Å². The van der Waals surface area contributed by atoms with Crippen molar-refractivity contribution in [3.05, 3.63) is 0 Å². The third-order valence-electron chi connectivity index (χ3n) is 4.31. The van der Waals surface area contributed by atoms with Crippen LogP contribution in [0.15, 0.2) is 0 Å². The van der Waals surface area contributed by atoms with E-state index in [2.05, 4.69) is 0 Å². The lowest BCUT2D eigenvalue weighted by molar-refractivity contribution is 0.544. The van der Waals surface area contributed by atoms with Crippen molar-refractivity contribution in [3.63, 3.8) is 0 Å². The Morgan fingerprint density at radius 2 is 0.824 bits per heavy atom. The topological polar surface area (TPSA) is 26.0 Å². The van der Waals surface area contributed by atoms with Gasteiger partial charge >= 0.3 is 0 Å². The average molecular weight is 237 g/mol. The van der Waals surface area contributed by atoms with E-state index in [1.165, 1.54) is 89.9 Å². The number of rotatable bonds is 1. The van der Waals surface area contributed by atoms with Crippen LogP contribution >= 0.6 is 0 Å². The van der Waals surface area contributed by atoms with Crippen molar-refractivity contribution >= 4 is 7.41 Å². The van der Waals surface area contributed by atoms with Crippen molar-refractivity contribution in [2.24, 2.45) is 5.64 Å². The summed E-state index contributed by atoms with van der Waals surface area (Å²) in [6.07, 6.45) is 20.2. The predicted octanol–water partition coefficient (Wildman–Crippen LogP) is 4.56. The molecule has 0 heterocycles. The minimum absolute atomic E-state index is 0.820. The van der Waals surface area contributed by atoms with E-state index in [-0.39, 0.29) is 0 Å². The van der Waals surface area contributed by atoms with E-state index in [0.29, 0.717) is 0 Å². The van der Waals surface area contributed by atoms with Gasteiger partial charge in [0, 0.05) is 0 Å². The van der Waals surface area contributed by atoms with Crippen LogP contribution in [0.25, 0.3) is 0 Å². The van der Waals surface area contributed by atoms with E-state index in [4.69, 9.17) is 5.64 Å². The molecule has 17 heavy (non-hydrogen) atoms. The molecule has 0 aromatic heterocycles. The molecule has 0 radical (unpaired) electrons. The molecule has 1 fully saturated rings. The Labute approximate surface area is 109 Å². The molecule has 0 saturated heterocycles. The van der Waals surface area contributed by atoms with Crippen LogP contribution in [0.3, 0.4) is 0 Å². The van der Waals surface area contributed by atoms with Crippen LogP contribution in [0.1, 0.15) is 89.9 Å². The molecule has 0 spiro atoms. The van der Waals surface area contributed by atoms with Gasteiger partial charge in [0.2, 0.25) is 7.41 Å². The summed E-state index contributed by atoms with van der Waals surface area (Å²) in [4.78, 5) is 0. The molecule has 0 aliphatic heterocycles. The second kappa shape index (κ2) is 11.1. The van der Waals surface area contributed by atoms with Crippen LogP contribution in [0.5, 0.6) is 0 Å². The molecule has 1 aliphatic carbocycles. The fourth-order valence-electron chi connectivity index (χ4n) is 3.01. The summed E-state index contributed by atoms with van der Waals surface area (Å²) >= 11 is 0. The summed E-state index contributed by atoms with van der Waals surface area (Å²) in [5.41, 5.74) is 5.86. The highest BCUT2D eigenvalue weighted by atomic mass is 14.4. The molecule has 1 saturated carbocycles. The first-order valence-corrected chi connectivity index (χ1v) is 8.13. The fourth-order valence-corrected chi connectivity index (χ4v) is 3.01. The largest absolute Gasteiger partial charge is 0.373 e. The molecular weight excluding hydrogens is 205 g/mol. The number of hydrogen-bond acceptors (Lipinski definition) is 1. The van der Waals surface area contributed by atoms with Crippen LogP contribution in [-0.4, -0.2) is 7.41 Å². The highest BCUT2D eigenvalue weighted by molar-refractivity contribution is 6.33. The van der Waals surface area contributed by atoms with Gasteiger partial charge < -0.3 is 5.64 Å². The quantitative estimate of drug-likeness (QED) is 0.664. The highest BCUT2D eigenvalue weighted by Gasteiger charge is 2.07. The van der Waals surface area contributed by atoms with Gasteiger partial charge in [-0.25, -0.2) is 0 Å². The Hall–Kier alpha value is 0.0249. The molecular formula is C15H32BN. The third-order valence-corrected chi connectivity index (χ3v) is 4.31. The van der Waals surface area contributed by atoms with Gasteiger partial charge in [-0.3, -0.25) is 0 Å². The molecule has 0 bridgehead atoms. The maximum Gasteiger partial charge on any atom is 0.201 e. The lowest BCUT2D eigenvalue weighted by Crippen LogP contribution is -2.13. The van der Waals surface area contributed by atoms with Gasteiger partial charge in [0.25, 0.3) is 0 Å². The molecule has 0 atom stereocenters. The van der Waals surface area contributed by atoms with Crippen LogP contribution < -0.4 is 5.64 Å². The second-order valence-electron chi connectivity index (χ2n) is 5.92. The Kier molecular flexibility index (Phi) is 9.88. The van der Waals surface area contributed by atoms with Crippen molar-refractivity contribution in [3.8, 4) is 0 Å². The molecule has 0 aromatic carbocycles. The molecule has 0 amide bonds. The molecule has 0 aromatic rings. The summed E-state index contributed by atoms with van der Waals surface area (Å²) in [5, 5.41) is 0. The molecule has 1 aliphatic rings. The van der Waals surface area contributed by atoms with Gasteiger partial charge in [-0.05, 0) is 0 Å². The Morgan fingerprint density at radius 1 is 0.529 bits per heavy atom. The average Bonchev–Trinajstić information content (AvgIpc) is 2.36. The summed E-state index contributed by atoms with van der Waals surface area (Å²) < 4.78 is 0. The molecule has 2 heteroatoms. The fraction of sp³-hybridized carbons (Fsp3) is 1.00. The molecule has 0 unspecified atom stereocenters. The zero-order valence-electron chi connectivity index (χ0n) is 11.8. The van der Waals surface area contributed by atoms with Crippen LogP contribution in [-0.2, 0) is 0 Å². The van der Waals surface area contributed by atoms with Crippen molar-refractivity contribution in [2.45, 2.75) is 95.7 Å². The molecule has 100 valence electrons. The Balaban J connectivity index is 2.16. The van der Waals surface area contributed by atoms with E-state index in [1.54, 1.807) is 0 Å². The van der Waals surface area contributed by atoms with Crippen LogP contribution in [0.4, 0.5) is 0 Å². The minimum atomic E-state index is 0.820. The Bertz CT molecular complexity index is 145. The maximum atomic E-state index is 5.86. The van der Waals surface area contributed by atoms with E-state index in [0.717, 1.165) is 13.2 Å².